The van der Waals surface area contributed by atoms with Crippen LogP contribution in [0.1, 0.15) is 316 Å². The molecule has 374 valence electrons. The predicted molar refractivity (Wildman–Crippen MR) is 278 cm³/mol. The summed E-state index contributed by atoms with van der Waals surface area (Å²) in [6.45, 7) is 4.30. The van der Waals surface area contributed by atoms with Gasteiger partial charge in [-0.2, -0.15) is 0 Å². The molecule has 0 aromatic rings. The van der Waals surface area contributed by atoms with Crippen molar-refractivity contribution in [1.82, 2.24) is 5.32 Å². The lowest BCUT2D eigenvalue weighted by Gasteiger charge is -2.23. The minimum absolute atomic E-state index is 0.0374. The summed E-state index contributed by atoms with van der Waals surface area (Å²) in [6, 6.07) is -0.659. The van der Waals surface area contributed by atoms with Crippen LogP contribution >= 0.6 is 0 Å². The Morgan fingerprint density at radius 1 is 0.397 bits per heavy atom. The molecule has 0 spiro atoms. The molecule has 1 amide bonds. The molecular weight excluding hydrogens is 775 g/mol. The topological polar surface area (TPSA) is 89.8 Å². The average Bonchev–Trinajstić information content (AvgIpc) is 3.28. The van der Waals surface area contributed by atoms with Gasteiger partial charge in [-0.3, -0.25) is 4.79 Å². The Labute approximate surface area is 394 Å². The van der Waals surface area contributed by atoms with E-state index in [2.05, 4.69) is 43.5 Å². The maximum absolute atomic E-state index is 12.5. The van der Waals surface area contributed by atoms with Gasteiger partial charge in [0, 0.05) is 0 Å². The fourth-order valence-electron chi connectivity index (χ4n) is 9.14. The van der Waals surface area contributed by atoms with Crippen molar-refractivity contribution in [2.24, 2.45) is 0 Å². The van der Waals surface area contributed by atoms with Crippen LogP contribution in [-0.2, 0) is 4.79 Å². The van der Waals surface area contributed by atoms with Crippen LogP contribution in [0.25, 0.3) is 0 Å². The lowest BCUT2D eigenvalue weighted by molar-refractivity contribution is -0.125. The summed E-state index contributed by atoms with van der Waals surface area (Å²) in [5, 5.41) is 33.7. The van der Waals surface area contributed by atoms with Crippen molar-refractivity contribution in [3.05, 3.63) is 24.3 Å². The molecule has 5 nitrogen and oxygen atoms in total. The predicted octanol–water partition coefficient (Wildman–Crippen LogP) is 17.7. The maximum atomic E-state index is 12.5. The van der Waals surface area contributed by atoms with Gasteiger partial charge in [-0.15, -0.1) is 0 Å². The molecule has 3 atom stereocenters. The third kappa shape index (κ3) is 50.1. The Balaban J connectivity index is 3.53. The van der Waals surface area contributed by atoms with Gasteiger partial charge in [0.15, 0.2) is 0 Å². The van der Waals surface area contributed by atoms with Gasteiger partial charge in [-0.05, 0) is 44.9 Å². The molecule has 0 heterocycles. The minimum atomic E-state index is -0.750. The third-order valence-electron chi connectivity index (χ3n) is 13.5. The lowest BCUT2D eigenvalue weighted by atomic mass is 10.0. The van der Waals surface area contributed by atoms with Crippen molar-refractivity contribution in [2.75, 3.05) is 6.61 Å². The maximum Gasteiger partial charge on any atom is 0.222 e. The number of allylic oxidation sites excluding steroid dienone is 4. The molecule has 5 heteroatoms. The molecular formula is C58H113NO4. The number of carbonyl (C=O) groups excluding carboxylic acids is 1. The molecule has 0 saturated carbocycles. The molecule has 0 aromatic heterocycles. The Morgan fingerprint density at radius 3 is 1.00 bits per heavy atom. The number of unbranched alkanes of at least 4 members (excludes halogenated alkanes) is 40. The molecule has 0 aliphatic carbocycles. The molecule has 0 radical (unpaired) electrons. The smallest absolute Gasteiger partial charge is 0.222 e. The van der Waals surface area contributed by atoms with Crippen LogP contribution in [0.5, 0.6) is 0 Å². The fraction of sp³-hybridized carbons (Fsp3) is 0.914. The second-order valence-electron chi connectivity index (χ2n) is 19.9. The zero-order chi connectivity index (χ0) is 45.8. The molecule has 0 rings (SSSR count). The zero-order valence-corrected chi connectivity index (χ0v) is 42.7. The van der Waals surface area contributed by atoms with Gasteiger partial charge in [0.1, 0.15) is 0 Å². The first-order chi connectivity index (χ1) is 31.0. The molecule has 63 heavy (non-hydrogen) atoms. The monoisotopic (exact) mass is 888 g/mol. The Hall–Kier alpha value is -1.17. The Bertz CT molecular complexity index is 936. The molecule has 0 aromatic carbocycles. The quantitative estimate of drug-likeness (QED) is 0.0362. The highest BCUT2D eigenvalue weighted by Crippen LogP contribution is 2.18. The van der Waals surface area contributed by atoms with Crippen molar-refractivity contribution in [3.63, 3.8) is 0 Å². The van der Waals surface area contributed by atoms with E-state index < -0.39 is 18.2 Å². The van der Waals surface area contributed by atoms with E-state index in [1.54, 1.807) is 0 Å². The van der Waals surface area contributed by atoms with Crippen molar-refractivity contribution < 1.29 is 20.1 Å². The second-order valence-corrected chi connectivity index (χ2v) is 19.9. The first-order valence-electron chi connectivity index (χ1n) is 28.6. The number of hydrogen-bond acceptors (Lipinski definition) is 4. The van der Waals surface area contributed by atoms with Gasteiger partial charge in [-0.25, -0.2) is 0 Å². The van der Waals surface area contributed by atoms with E-state index in [9.17, 15) is 20.1 Å². The van der Waals surface area contributed by atoms with Crippen LogP contribution in [0.2, 0.25) is 0 Å². The van der Waals surface area contributed by atoms with Crippen molar-refractivity contribution in [2.45, 2.75) is 334 Å². The highest BCUT2D eigenvalue weighted by atomic mass is 16.3. The summed E-state index contributed by atoms with van der Waals surface area (Å²) < 4.78 is 0. The lowest BCUT2D eigenvalue weighted by Crippen LogP contribution is -2.46. The van der Waals surface area contributed by atoms with Crippen LogP contribution in [0.3, 0.4) is 0 Å². The third-order valence-corrected chi connectivity index (χ3v) is 13.5. The highest BCUT2D eigenvalue weighted by Gasteiger charge is 2.21. The molecule has 4 N–H and O–H groups in total. The van der Waals surface area contributed by atoms with Crippen molar-refractivity contribution >= 4 is 5.91 Å². The Kier molecular flexibility index (Phi) is 52.5. The van der Waals surface area contributed by atoms with E-state index in [1.807, 2.05) is 0 Å². The minimum Gasteiger partial charge on any atom is -0.394 e. The van der Waals surface area contributed by atoms with E-state index in [1.165, 1.54) is 250 Å². The molecule has 0 saturated heterocycles. The van der Waals surface area contributed by atoms with Gasteiger partial charge in [0.2, 0.25) is 5.91 Å². The van der Waals surface area contributed by atoms with Gasteiger partial charge in [0.25, 0.3) is 0 Å². The summed E-state index contributed by atoms with van der Waals surface area (Å²) in [4.78, 5) is 12.5. The van der Waals surface area contributed by atoms with E-state index in [0.717, 1.165) is 32.1 Å². The SMILES string of the molecule is CCCCCCCCCCC/C=C\C/C=C\CCCCCCCCCCCCCC(O)CC(=O)NC(CO)C(O)CCCCCCCCCCCCCCCCCCCCCCC. The van der Waals surface area contributed by atoms with Gasteiger partial charge >= 0.3 is 0 Å². The molecule has 0 bridgehead atoms. The summed E-state index contributed by atoms with van der Waals surface area (Å²) in [6.07, 6.45) is 67.6. The van der Waals surface area contributed by atoms with Crippen LogP contribution in [-0.4, -0.2) is 46.1 Å². The summed E-state index contributed by atoms with van der Waals surface area (Å²) >= 11 is 0. The zero-order valence-electron chi connectivity index (χ0n) is 42.7. The van der Waals surface area contributed by atoms with Crippen LogP contribution < -0.4 is 5.32 Å². The number of hydrogen-bond donors (Lipinski definition) is 4. The summed E-state index contributed by atoms with van der Waals surface area (Å²) in [7, 11) is 0. The van der Waals surface area contributed by atoms with E-state index >= 15 is 0 Å². The largest absolute Gasteiger partial charge is 0.394 e. The first kappa shape index (κ1) is 61.8. The second kappa shape index (κ2) is 53.4. The Morgan fingerprint density at radius 2 is 0.683 bits per heavy atom. The molecule has 0 aliphatic heterocycles. The summed E-state index contributed by atoms with van der Waals surface area (Å²) in [5.41, 5.74) is 0. The highest BCUT2D eigenvalue weighted by molar-refractivity contribution is 5.76. The number of amides is 1. The molecule has 0 fully saturated rings. The van der Waals surface area contributed by atoms with Gasteiger partial charge < -0.3 is 20.6 Å². The number of rotatable bonds is 53. The van der Waals surface area contributed by atoms with Crippen LogP contribution in [0, 0.1) is 0 Å². The standard InChI is InChI=1S/C58H113NO4/c1-3-5-7-9-11-13-15-17-19-21-23-25-26-27-28-29-30-32-33-35-37-39-41-43-45-47-49-51-55(61)53-58(63)59-56(54-60)57(62)52-50-48-46-44-42-40-38-36-34-31-24-22-20-18-16-14-12-10-8-6-4-2/h23,25,27-28,55-57,60-62H,3-22,24,26,29-54H2,1-2H3,(H,59,63)/b25-23-,28-27-. The fourth-order valence-corrected chi connectivity index (χ4v) is 9.14. The molecule has 3 unspecified atom stereocenters. The van der Waals surface area contributed by atoms with Crippen molar-refractivity contribution in [1.29, 1.82) is 0 Å². The number of nitrogens with one attached hydrogen (secondary N) is 1. The normalized spacial score (nSPS) is 13.4. The average molecular weight is 889 g/mol. The van der Waals surface area contributed by atoms with Crippen LogP contribution in [0.4, 0.5) is 0 Å². The first-order valence-corrected chi connectivity index (χ1v) is 28.6. The van der Waals surface area contributed by atoms with E-state index in [4.69, 9.17) is 0 Å². The van der Waals surface area contributed by atoms with Crippen LogP contribution in [0.15, 0.2) is 24.3 Å². The van der Waals surface area contributed by atoms with E-state index in [-0.39, 0.29) is 18.9 Å². The number of aliphatic hydroxyl groups is 3. The van der Waals surface area contributed by atoms with Gasteiger partial charge in [0.05, 0.1) is 31.3 Å². The number of carbonyl (C=O) groups is 1. The van der Waals surface area contributed by atoms with E-state index in [0.29, 0.717) is 12.8 Å². The summed E-state index contributed by atoms with van der Waals surface area (Å²) in [5.74, 6) is -0.279. The van der Waals surface area contributed by atoms with Gasteiger partial charge in [-0.1, -0.05) is 289 Å². The molecule has 0 aliphatic rings. The van der Waals surface area contributed by atoms with Crippen molar-refractivity contribution in [3.8, 4) is 0 Å². The number of aliphatic hydroxyl groups excluding tert-OH is 3.